The van der Waals surface area contributed by atoms with E-state index < -0.39 is 0 Å². The lowest BCUT2D eigenvalue weighted by Crippen LogP contribution is -2.38. The van der Waals surface area contributed by atoms with E-state index >= 15 is 0 Å². The van der Waals surface area contributed by atoms with Crippen LogP contribution < -0.4 is 5.32 Å². The van der Waals surface area contributed by atoms with Crippen molar-refractivity contribution in [1.29, 1.82) is 0 Å². The molecule has 0 radical (unpaired) electrons. The van der Waals surface area contributed by atoms with Gasteiger partial charge >= 0.3 is 0 Å². The molecule has 0 unspecified atom stereocenters. The quantitative estimate of drug-likeness (QED) is 0.886. The zero-order valence-corrected chi connectivity index (χ0v) is 13.7. The second-order valence-electron chi connectivity index (χ2n) is 6.37. The molecule has 0 aromatic heterocycles. The van der Waals surface area contributed by atoms with Crippen molar-refractivity contribution in [2.24, 2.45) is 11.8 Å². The highest BCUT2D eigenvalue weighted by Crippen LogP contribution is 2.46. The Morgan fingerprint density at radius 1 is 1.00 bits per heavy atom. The molecule has 0 atom stereocenters. The number of carbonyl (C=O) groups excluding carboxylic acids is 1. The fraction of sp³-hybridized carbons (Fsp3) is 0.588. The van der Waals surface area contributed by atoms with E-state index in [1.807, 2.05) is 35.7 Å². The van der Waals surface area contributed by atoms with Crippen molar-refractivity contribution in [2.45, 2.75) is 36.3 Å². The predicted molar refractivity (Wildman–Crippen MR) is 90.8 cm³/mol. The van der Waals surface area contributed by atoms with E-state index in [9.17, 15) is 4.79 Å². The molecule has 1 aromatic carbocycles. The van der Waals surface area contributed by atoms with Crippen molar-refractivity contribution in [3.8, 4) is 0 Å². The SMILES string of the molecule is O=C(NC(C1CC1)C1CC1)c1ccc(C2SCCS2)cc1. The summed E-state index contributed by atoms with van der Waals surface area (Å²) in [5.41, 5.74) is 2.16. The average Bonchev–Trinajstić information content (AvgIpc) is 3.44. The first-order chi connectivity index (χ1) is 10.3. The molecule has 0 bridgehead atoms. The zero-order chi connectivity index (χ0) is 14.2. The van der Waals surface area contributed by atoms with Crippen LogP contribution in [0, 0.1) is 11.8 Å². The first-order valence-corrected chi connectivity index (χ1v) is 10.0. The van der Waals surface area contributed by atoms with Gasteiger partial charge in [-0.2, -0.15) is 0 Å². The molecule has 4 heteroatoms. The average molecular weight is 319 g/mol. The van der Waals surface area contributed by atoms with Gasteiger partial charge in [0.2, 0.25) is 0 Å². The highest BCUT2D eigenvalue weighted by atomic mass is 32.2. The molecule has 1 aromatic rings. The van der Waals surface area contributed by atoms with Crippen LogP contribution in [0.2, 0.25) is 0 Å². The van der Waals surface area contributed by atoms with Crippen LogP contribution >= 0.6 is 23.5 Å². The Labute approximate surface area is 134 Å². The Bertz CT molecular complexity index is 504. The molecule has 112 valence electrons. The molecular formula is C17H21NOS2. The van der Waals surface area contributed by atoms with Crippen LogP contribution in [0.4, 0.5) is 0 Å². The van der Waals surface area contributed by atoms with Gasteiger partial charge in [0.05, 0.1) is 4.58 Å². The highest BCUT2D eigenvalue weighted by molar-refractivity contribution is 8.19. The lowest BCUT2D eigenvalue weighted by molar-refractivity contribution is 0.0926. The third kappa shape index (κ3) is 3.26. The summed E-state index contributed by atoms with van der Waals surface area (Å²) in [5.74, 6) is 4.11. The van der Waals surface area contributed by atoms with Crippen molar-refractivity contribution in [1.82, 2.24) is 5.32 Å². The number of thioether (sulfide) groups is 2. The third-order valence-electron chi connectivity index (χ3n) is 4.62. The molecule has 2 nitrogen and oxygen atoms in total. The smallest absolute Gasteiger partial charge is 0.251 e. The van der Waals surface area contributed by atoms with Crippen molar-refractivity contribution in [2.75, 3.05) is 11.5 Å². The monoisotopic (exact) mass is 319 g/mol. The van der Waals surface area contributed by atoms with Gasteiger partial charge in [-0.1, -0.05) is 12.1 Å². The van der Waals surface area contributed by atoms with Gasteiger partial charge in [-0.25, -0.2) is 0 Å². The lowest BCUT2D eigenvalue weighted by Gasteiger charge is -2.18. The van der Waals surface area contributed by atoms with Gasteiger partial charge in [-0.05, 0) is 55.2 Å². The summed E-state index contributed by atoms with van der Waals surface area (Å²) in [6.45, 7) is 0. The number of amides is 1. The van der Waals surface area contributed by atoms with E-state index in [1.54, 1.807) is 0 Å². The molecule has 1 aliphatic heterocycles. The second kappa shape index (κ2) is 5.88. The zero-order valence-electron chi connectivity index (χ0n) is 12.1. The lowest BCUT2D eigenvalue weighted by atomic mass is 10.1. The Kier molecular flexibility index (Phi) is 3.92. The van der Waals surface area contributed by atoms with Crippen molar-refractivity contribution in [3.05, 3.63) is 35.4 Å². The molecule has 1 heterocycles. The maximum Gasteiger partial charge on any atom is 0.251 e. The van der Waals surface area contributed by atoms with E-state index in [-0.39, 0.29) is 5.91 Å². The predicted octanol–water partition coefficient (Wildman–Crippen LogP) is 4.08. The number of hydrogen-bond donors (Lipinski definition) is 1. The fourth-order valence-electron chi connectivity index (χ4n) is 3.11. The minimum atomic E-state index is 0.122. The van der Waals surface area contributed by atoms with E-state index in [0.717, 1.165) is 17.4 Å². The summed E-state index contributed by atoms with van der Waals surface area (Å²) >= 11 is 4.01. The topological polar surface area (TPSA) is 29.1 Å². The molecule has 3 aliphatic rings. The molecule has 1 N–H and O–H groups in total. The van der Waals surface area contributed by atoms with Crippen molar-refractivity contribution in [3.63, 3.8) is 0 Å². The Balaban J connectivity index is 1.41. The fourth-order valence-corrected chi connectivity index (χ4v) is 5.97. The van der Waals surface area contributed by atoms with Gasteiger partial charge in [-0.15, -0.1) is 23.5 Å². The molecule has 0 spiro atoms. The van der Waals surface area contributed by atoms with Gasteiger partial charge < -0.3 is 5.32 Å². The largest absolute Gasteiger partial charge is 0.349 e. The van der Waals surface area contributed by atoms with Crippen LogP contribution in [-0.2, 0) is 0 Å². The van der Waals surface area contributed by atoms with Crippen LogP contribution in [0.5, 0.6) is 0 Å². The van der Waals surface area contributed by atoms with Crippen LogP contribution in [0.25, 0.3) is 0 Å². The molecule has 21 heavy (non-hydrogen) atoms. The maximum absolute atomic E-state index is 12.4. The molecule has 3 fully saturated rings. The number of rotatable bonds is 5. The summed E-state index contributed by atoms with van der Waals surface area (Å²) in [5, 5.41) is 3.30. The molecular weight excluding hydrogens is 298 g/mol. The highest BCUT2D eigenvalue weighted by Gasteiger charge is 2.42. The van der Waals surface area contributed by atoms with E-state index in [4.69, 9.17) is 0 Å². The van der Waals surface area contributed by atoms with Crippen LogP contribution in [0.3, 0.4) is 0 Å². The summed E-state index contributed by atoms with van der Waals surface area (Å²) < 4.78 is 0.563. The normalized spacial score (nSPS) is 22.7. The third-order valence-corrected chi connectivity index (χ3v) is 7.73. The van der Waals surface area contributed by atoms with Gasteiger partial charge in [0.25, 0.3) is 5.91 Å². The van der Waals surface area contributed by atoms with Gasteiger partial charge in [-0.3, -0.25) is 4.79 Å². The van der Waals surface area contributed by atoms with E-state index in [2.05, 4.69) is 17.4 Å². The first-order valence-electron chi connectivity index (χ1n) is 7.95. The second-order valence-corrected chi connectivity index (χ2v) is 9.09. The standard InChI is InChI=1S/C17H21NOS2/c19-16(18-15(11-1-2-11)12-3-4-12)13-5-7-14(8-6-13)17-20-9-10-21-17/h5-8,11-12,15,17H,1-4,9-10H2,(H,18,19). The minimum absolute atomic E-state index is 0.122. The number of carbonyl (C=O) groups is 1. The molecule has 2 saturated carbocycles. The molecule has 1 amide bonds. The summed E-state index contributed by atoms with van der Waals surface area (Å²) in [4.78, 5) is 12.4. The van der Waals surface area contributed by atoms with Crippen LogP contribution in [0.1, 0.15) is 46.2 Å². The molecule has 1 saturated heterocycles. The van der Waals surface area contributed by atoms with Crippen LogP contribution in [0.15, 0.2) is 24.3 Å². The number of benzene rings is 1. The summed E-state index contributed by atoms with van der Waals surface area (Å²) in [6, 6.07) is 8.71. The Morgan fingerprint density at radius 2 is 1.57 bits per heavy atom. The van der Waals surface area contributed by atoms with E-state index in [0.29, 0.717) is 10.6 Å². The van der Waals surface area contributed by atoms with Gasteiger partial charge in [0.15, 0.2) is 0 Å². The van der Waals surface area contributed by atoms with Crippen molar-refractivity contribution >= 4 is 29.4 Å². The Morgan fingerprint density at radius 3 is 2.10 bits per heavy atom. The van der Waals surface area contributed by atoms with E-state index in [1.165, 1.54) is 42.8 Å². The summed E-state index contributed by atoms with van der Waals surface area (Å²) in [7, 11) is 0. The molecule has 2 aliphatic carbocycles. The van der Waals surface area contributed by atoms with Crippen molar-refractivity contribution < 1.29 is 4.79 Å². The number of nitrogens with one attached hydrogen (secondary N) is 1. The van der Waals surface area contributed by atoms with Crippen LogP contribution in [-0.4, -0.2) is 23.5 Å². The first kappa shape index (κ1) is 14.0. The number of hydrogen-bond acceptors (Lipinski definition) is 3. The summed E-state index contributed by atoms with van der Waals surface area (Å²) in [6.07, 6.45) is 5.21. The maximum atomic E-state index is 12.4. The Hall–Kier alpha value is -0.610. The van der Waals surface area contributed by atoms with Gasteiger partial charge in [0, 0.05) is 23.1 Å². The van der Waals surface area contributed by atoms with Gasteiger partial charge in [0.1, 0.15) is 0 Å². The minimum Gasteiger partial charge on any atom is -0.349 e. The molecule has 4 rings (SSSR count).